The van der Waals surface area contributed by atoms with Gasteiger partial charge in [0.1, 0.15) is 17.7 Å². The molecule has 0 fully saturated rings. The summed E-state index contributed by atoms with van der Waals surface area (Å²) in [6.45, 7) is 1.80. The van der Waals surface area contributed by atoms with Crippen LogP contribution < -0.4 is 5.32 Å². The first-order chi connectivity index (χ1) is 10.9. The van der Waals surface area contributed by atoms with E-state index in [1.54, 1.807) is 44.4 Å². The number of aromatic nitrogens is 2. The van der Waals surface area contributed by atoms with Gasteiger partial charge < -0.3 is 10.2 Å². The minimum Gasteiger partial charge on any atom is -0.352 e. The first kappa shape index (κ1) is 17.1. The zero-order chi connectivity index (χ0) is 17.0. The third kappa shape index (κ3) is 3.92. The normalized spacial score (nSPS) is 13.8. The van der Waals surface area contributed by atoms with Gasteiger partial charge in [-0.25, -0.2) is 8.78 Å². The summed E-state index contributed by atoms with van der Waals surface area (Å²) in [5.41, 5.74) is -0.0513. The zero-order valence-corrected chi connectivity index (χ0v) is 13.3. The minimum atomic E-state index is -0.627. The van der Waals surface area contributed by atoms with Crippen LogP contribution in [-0.2, 0) is 4.79 Å². The molecule has 23 heavy (non-hydrogen) atoms. The van der Waals surface area contributed by atoms with E-state index in [-0.39, 0.29) is 18.0 Å². The molecule has 2 aromatic rings. The first-order valence-corrected chi connectivity index (χ1v) is 7.29. The number of nitrogens with one attached hydrogen (secondary N) is 1. The molecule has 5 nitrogen and oxygen atoms in total. The van der Waals surface area contributed by atoms with E-state index in [0.29, 0.717) is 0 Å². The van der Waals surface area contributed by atoms with Crippen LogP contribution in [0.2, 0.25) is 0 Å². The van der Waals surface area contributed by atoms with Gasteiger partial charge in [-0.1, -0.05) is 6.07 Å². The fraction of sp³-hybridized carbons (Fsp3) is 0.375. The van der Waals surface area contributed by atoms with Crippen molar-refractivity contribution >= 4 is 5.91 Å². The predicted octanol–water partition coefficient (Wildman–Crippen LogP) is 2.14. The molecule has 0 saturated heterocycles. The Morgan fingerprint density at radius 1 is 1.30 bits per heavy atom. The lowest BCUT2D eigenvalue weighted by Crippen LogP contribution is -2.38. The summed E-state index contributed by atoms with van der Waals surface area (Å²) in [7, 11) is 3.42. The Hall–Kier alpha value is -2.28. The number of hydrogen-bond donors (Lipinski definition) is 1. The summed E-state index contributed by atoms with van der Waals surface area (Å²) in [5, 5.41) is 6.74. The van der Waals surface area contributed by atoms with E-state index < -0.39 is 23.7 Å². The lowest BCUT2D eigenvalue weighted by atomic mass is 10.0. The molecule has 0 radical (unpaired) electrons. The van der Waals surface area contributed by atoms with Crippen LogP contribution in [0, 0.1) is 11.6 Å². The summed E-state index contributed by atoms with van der Waals surface area (Å²) in [6.07, 6.45) is 3.27. The number of likely N-dealkylation sites (N-methyl/N-ethyl adjacent to an activating group) is 1. The molecule has 0 spiro atoms. The van der Waals surface area contributed by atoms with Crippen molar-refractivity contribution in [1.82, 2.24) is 20.0 Å². The second kappa shape index (κ2) is 7.32. The number of halogens is 2. The van der Waals surface area contributed by atoms with Gasteiger partial charge in [0.15, 0.2) is 0 Å². The van der Waals surface area contributed by atoms with Crippen LogP contribution in [-0.4, -0.2) is 41.2 Å². The maximum Gasteiger partial charge on any atom is 0.244 e. The highest BCUT2D eigenvalue weighted by Gasteiger charge is 2.24. The second-order valence-corrected chi connectivity index (χ2v) is 5.52. The van der Waals surface area contributed by atoms with Gasteiger partial charge in [0.25, 0.3) is 0 Å². The van der Waals surface area contributed by atoms with Crippen molar-refractivity contribution in [3.63, 3.8) is 0 Å². The highest BCUT2D eigenvalue weighted by atomic mass is 19.1. The van der Waals surface area contributed by atoms with E-state index in [9.17, 15) is 13.6 Å². The second-order valence-electron chi connectivity index (χ2n) is 5.52. The molecular weight excluding hydrogens is 302 g/mol. The summed E-state index contributed by atoms with van der Waals surface area (Å²) >= 11 is 0. The minimum absolute atomic E-state index is 0.0513. The predicted molar refractivity (Wildman–Crippen MR) is 82.7 cm³/mol. The fourth-order valence-electron chi connectivity index (χ4n) is 2.35. The molecule has 2 atom stereocenters. The SMILES string of the molecule is C[C@H](C(=O)NC[C@@H](c1c(F)cccc1F)N(C)C)n1cccn1. The third-order valence-electron chi connectivity index (χ3n) is 3.73. The van der Waals surface area contributed by atoms with Crippen molar-refractivity contribution in [1.29, 1.82) is 0 Å². The van der Waals surface area contributed by atoms with Crippen LogP contribution in [0.3, 0.4) is 0 Å². The molecular formula is C16H20F2N4O. The van der Waals surface area contributed by atoms with Crippen molar-refractivity contribution in [2.75, 3.05) is 20.6 Å². The van der Waals surface area contributed by atoms with Crippen LogP contribution in [0.4, 0.5) is 8.78 Å². The quantitative estimate of drug-likeness (QED) is 0.886. The Bertz CT molecular complexity index is 638. The average molecular weight is 322 g/mol. The third-order valence-corrected chi connectivity index (χ3v) is 3.73. The van der Waals surface area contributed by atoms with E-state index in [4.69, 9.17) is 0 Å². The molecule has 0 aliphatic carbocycles. The van der Waals surface area contributed by atoms with Gasteiger partial charge in [-0.2, -0.15) is 5.10 Å². The maximum atomic E-state index is 14.0. The number of nitrogens with zero attached hydrogens (tertiary/aromatic N) is 3. The Kier molecular flexibility index (Phi) is 5.44. The molecule has 1 aromatic carbocycles. The topological polar surface area (TPSA) is 50.2 Å². The Morgan fingerprint density at radius 2 is 1.96 bits per heavy atom. The number of hydrogen-bond acceptors (Lipinski definition) is 3. The van der Waals surface area contributed by atoms with Crippen molar-refractivity contribution < 1.29 is 13.6 Å². The number of benzene rings is 1. The highest BCUT2D eigenvalue weighted by Crippen LogP contribution is 2.24. The van der Waals surface area contributed by atoms with Gasteiger partial charge in [-0.05, 0) is 39.2 Å². The molecule has 1 N–H and O–H groups in total. The molecule has 1 heterocycles. The van der Waals surface area contributed by atoms with Crippen LogP contribution >= 0.6 is 0 Å². The standard InChI is InChI=1S/C16H20F2N4O/c1-11(22-9-5-8-20-22)16(23)19-10-14(21(2)3)15-12(17)6-4-7-13(15)18/h4-9,11,14H,10H2,1-3H3,(H,19,23)/t11-,14+/m1/s1. The van der Waals surface area contributed by atoms with Gasteiger partial charge in [0.2, 0.25) is 5.91 Å². The molecule has 0 aliphatic heterocycles. The van der Waals surface area contributed by atoms with E-state index in [0.717, 1.165) is 0 Å². The van der Waals surface area contributed by atoms with Crippen molar-refractivity contribution in [2.24, 2.45) is 0 Å². The number of amides is 1. The molecule has 2 rings (SSSR count). The van der Waals surface area contributed by atoms with Crippen molar-refractivity contribution in [3.8, 4) is 0 Å². The van der Waals surface area contributed by atoms with Gasteiger partial charge in [-0.15, -0.1) is 0 Å². The number of rotatable bonds is 6. The Morgan fingerprint density at radius 3 is 2.48 bits per heavy atom. The van der Waals surface area contributed by atoms with E-state index in [2.05, 4.69) is 10.4 Å². The Labute approximate surface area is 133 Å². The largest absolute Gasteiger partial charge is 0.352 e. The van der Waals surface area contributed by atoms with Gasteiger partial charge in [0.05, 0.1) is 6.04 Å². The molecule has 0 saturated carbocycles. The van der Waals surface area contributed by atoms with Crippen LogP contribution in [0.1, 0.15) is 24.6 Å². The summed E-state index contributed by atoms with van der Waals surface area (Å²) in [6, 6.07) is 4.36. The summed E-state index contributed by atoms with van der Waals surface area (Å²) in [5.74, 6) is -1.52. The lowest BCUT2D eigenvalue weighted by molar-refractivity contribution is -0.124. The molecule has 7 heteroatoms. The zero-order valence-electron chi connectivity index (χ0n) is 13.3. The van der Waals surface area contributed by atoms with Gasteiger partial charge >= 0.3 is 0 Å². The Balaban J connectivity index is 2.10. The summed E-state index contributed by atoms with van der Waals surface area (Å²) < 4.78 is 29.5. The molecule has 0 unspecified atom stereocenters. The van der Waals surface area contributed by atoms with Crippen molar-refractivity contribution in [2.45, 2.75) is 19.0 Å². The average Bonchev–Trinajstić information content (AvgIpc) is 3.02. The lowest BCUT2D eigenvalue weighted by Gasteiger charge is -2.26. The van der Waals surface area contributed by atoms with E-state index in [1.807, 2.05) is 0 Å². The molecule has 1 amide bonds. The van der Waals surface area contributed by atoms with Crippen LogP contribution in [0.5, 0.6) is 0 Å². The monoisotopic (exact) mass is 322 g/mol. The first-order valence-electron chi connectivity index (χ1n) is 7.29. The molecule has 124 valence electrons. The fourth-order valence-corrected chi connectivity index (χ4v) is 2.35. The van der Waals surface area contributed by atoms with Crippen LogP contribution in [0.15, 0.2) is 36.7 Å². The highest BCUT2D eigenvalue weighted by molar-refractivity contribution is 5.79. The summed E-state index contributed by atoms with van der Waals surface area (Å²) in [4.78, 5) is 13.9. The maximum absolute atomic E-state index is 14.0. The van der Waals surface area contributed by atoms with Crippen molar-refractivity contribution in [3.05, 3.63) is 53.9 Å². The molecule has 0 bridgehead atoms. The van der Waals surface area contributed by atoms with Gasteiger partial charge in [-0.3, -0.25) is 9.48 Å². The van der Waals surface area contributed by atoms with E-state index in [1.165, 1.54) is 22.9 Å². The van der Waals surface area contributed by atoms with E-state index >= 15 is 0 Å². The van der Waals surface area contributed by atoms with Gasteiger partial charge in [0, 0.05) is 24.5 Å². The molecule has 0 aliphatic rings. The number of carbonyl (C=O) groups is 1. The number of carbonyl (C=O) groups excluding carboxylic acids is 1. The molecule has 1 aromatic heterocycles. The smallest absolute Gasteiger partial charge is 0.244 e. The van der Waals surface area contributed by atoms with Crippen LogP contribution in [0.25, 0.3) is 0 Å².